The lowest BCUT2D eigenvalue weighted by atomic mass is 9.95. The normalized spacial score (nSPS) is 15.7. The maximum atomic E-state index is 12.7. The Bertz CT molecular complexity index is 1140. The molecule has 1 atom stereocenters. The maximum Gasteiger partial charge on any atom is 0.269 e. The van der Waals surface area contributed by atoms with Gasteiger partial charge in [0.1, 0.15) is 0 Å². The van der Waals surface area contributed by atoms with Crippen LogP contribution in [0.3, 0.4) is 0 Å². The van der Waals surface area contributed by atoms with Crippen LogP contribution in [0.25, 0.3) is 0 Å². The lowest BCUT2D eigenvalue weighted by Crippen LogP contribution is -2.33. The summed E-state index contributed by atoms with van der Waals surface area (Å²) in [6, 6.07) is 20.9. The Balaban J connectivity index is 1.86. The van der Waals surface area contributed by atoms with Gasteiger partial charge in [-0.05, 0) is 35.4 Å². The molecule has 1 aliphatic rings. The lowest BCUT2D eigenvalue weighted by Gasteiger charge is -2.30. The van der Waals surface area contributed by atoms with Crippen molar-refractivity contribution in [3.05, 3.63) is 99.1 Å². The molecule has 1 heterocycles. The average molecular weight is 420 g/mol. The minimum Gasteiger partial charge on any atom is -0.303 e. The third-order valence-corrected chi connectivity index (χ3v) is 5.35. The molecule has 3 aromatic carbocycles. The van der Waals surface area contributed by atoms with Crippen LogP contribution in [-0.4, -0.2) is 16.5 Å². The van der Waals surface area contributed by atoms with Crippen molar-refractivity contribution >= 4 is 40.3 Å². The quantitative estimate of drug-likeness (QED) is 0.393. The van der Waals surface area contributed by atoms with Crippen molar-refractivity contribution in [2.45, 2.75) is 19.4 Å². The topological polar surface area (TPSA) is 75.8 Å². The van der Waals surface area contributed by atoms with Crippen molar-refractivity contribution in [3.63, 3.8) is 0 Å². The number of nitro groups is 1. The lowest BCUT2D eigenvalue weighted by molar-refractivity contribution is -0.384. The van der Waals surface area contributed by atoms with E-state index in [2.05, 4.69) is 0 Å². The molecule has 4 rings (SSSR count). The van der Waals surface area contributed by atoms with E-state index in [1.807, 2.05) is 36.4 Å². The number of hydrogen-bond acceptors (Lipinski definition) is 4. The van der Waals surface area contributed by atoms with E-state index < -0.39 is 4.92 Å². The molecule has 6 nitrogen and oxygen atoms in total. The highest BCUT2D eigenvalue weighted by molar-refractivity contribution is 6.30. The number of rotatable bonds is 3. The molecule has 0 aliphatic carbocycles. The zero-order valence-electron chi connectivity index (χ0n) is 16.2. The molecule has 0 bridgehead atoms. The second-order valence-corrected chi connectivity index (χ2v) is 7.45. The standard InChI is InChI=1S/C23H18ClN3O3/c1-15(28)26-22-5-3-2-4-20(22)25-21(16-6-10-18(24)11-7-16)14-23(26)17-8-12-19(13-9-17)27(29)30/h2-13,23H,14H2,1H3/t23-/m0/s1. The number of para-hydroxylation sites is 2. The van der Waals surface area contributed by atoms with Crippen molar-refractivity contribution in [1.29, 1.82) is 0 Å². The van der Waals surface area contributed by atoms with Gasteiger partial charge >= 0.3 is 0 Å². The number of nitro benzene ring substituents is 1. The molecule has 0 N–H and O–H groups in total. The summed E-state index contributed by atoms with van der Waals surface area (Å²) in [5, 5.41) is 11.7. The molecular weight excluding hydrogens is 402 g/mol. The highest BCUT2D eigenvalue weighted by Crippen LogP contribution is 2.41. The van der Waals surface area contributed by atoms with Crippen LogP contribution in [0.2, 0.25) is 5.02 Å². The summed E-state index contributed by atoms with van der Waals surface area (Å²) in [5.74, 6) is -0.127. The molecular formula is C23H18ClN3O3. The molecule has 0 aromatic heterocycles. The van der Waals surface area contributed by atoms with Crippen molar-refractivity contribution in [3.8, 4) is 0 Å². The Morgan fingerprint density at radius 3 is 2.37 bits per heavy atom. The first-order valence-electron chi connectivity index (χ1n) is 9.41. The minimum atomic E-state index is -0.435. The minimum absolute atomic E-state index is 0.00809. The van der Waals surface area contributed by atoms with Gasteiger partial charge < -0.3 is 4.90 Å². The number of nitrogens with zero attached hydrogens (tertiary/aromatic N) is 3. The van der Waals surface area contributed by atoms with Gasteiger partial charge in [0.15, 0.2) is 0 Å². The van der Waals surface area contributed by atoms with Crippen LogP contribution < -0.4 is 4.90 Å². The van der Waals surface area contributed by atoms with Crippen LogP contribution in [0.4, 0.5) is 17.1 Å². The molecule has 0 unspecified atom stereocenters. The van der Waals surface area contributed by atoms with Crippen LogP contribution in [0.1, 0.15) is 30.5 Å². The molecule has 0 saturated carbocycles. The summed E-state index contributed by atoms with van der Waals surface area (Å²) >= 11 is 6.05. The van der Waals surface area contributed by atoms with E-state index in [0.717, 1.165) is 16.8 Å². The van der Waals surface area contributed by atoms with Gasteiger partial charge in [0, 0.05) is 30.5 Å². The van der Waals surface area contributed by atoms with Gasteiger partial charge in [-0.3, -0.25) is 19.9 Å². The van der Waals surface area contributed by atoms with E-state index in [-0.39, 0.29) is 17.6 Å². The Kier molecular flexibility index (Phi) is 5.33. The largest absolute Gasteiger partial charge is 0.303 e. The van der Waals surface area contributed by atoms with Crippen molar-refractivity contribution < 1.29 is 9.72 Å². The van der Waals surface area contributed by atoms with Gasteiger partial charge in [0.25, 0.3) is 5.69 Å². The van der Waals surface area contributed by atoms with Gasteiger partial charge in [-0.15, -0.1) is 0 Å². The third kappa shape index (κ3) is 3.82. The Morgan fingerprint density at radius 2 is 1.73 bits per heavy atom. The number of amides is 1. The van der Waals surface area contributed by atoms with E-state index >= 15 is 0 Å². The van der Waals surface area contributed by atoms with E-state index in [1.165, 1.54) is 19.1 Å². The summed E-state index contributed by atoms with van der Waals surface area (Å²) in [7, 11) is 0. The molecule has 0 saturated heterocycles. The predicted molar refractivity (Wildman–Crippen MR) is 118 cm³/mol. The van der Waals surface area contributed by atoms with E-state index in [4.69, 9.17) is 16.6 Å². The Labute approximate surface area is 178 Å². The first-order valence-corrected chi connectivity index (χ1v) is 9.78. The summed E-state index contributed by atoms with van der Waals surface area (Å²) in [5.41, 5.74) is 3.93. The number of anilines is 1. The summed E-state index contributed by atoms with van der Waals surface area (Å²) in [6.45, 7) is 1.52. The third-order valence-electron chi connectivity index (χ3n) is 5.10. The smallest absolute Gasteiger partial charge is 0.269 e. The highest BCUT2D eigenvalue weighted by atomic mass is 35.5. The number of aliphatic imine (C=N–C) groups is 1. The Hall–Kier alpha value is -3.51. The first-order chi connectivity index (χ1) is 14.4. The first kappa shape index (κ1) is 19.8. The number of halogens is 1. The average Bonchev–Trinajstić information content (AvgIpc) is 2.91. The van der Waals surface area contributed by atoms with Crippen LogP contribution in [0.15, 0.2) is 77.8 Å². The molecule has 30 heavy (non-hydrogen) atoms. The fraction of sp³-hybridized carbons (Fsp3) is 0.130. The van der Waals surface area contributed by atoms with Crippen LogP contribution in [0.5, 0.6) is 0 Å². The van der Waals surface area contributed by atoms with Crippen molar-refractivity contribution in [1.82, 2.24) is 0 Å². The monoisotopic (exact) mass is 419 g/mol. The molecule has 3 aromatic rings. The van der Waals surface area contributed by atoms with E-state index in [1.54, 1.807) is 29.2 Å². The molecule has 0 fully saturated rings. The fourth-order valence-electron chi connectivity index (χ4n) is 3.69. The molecule has 1 aliphatic heterocycles. The number of carbonyl (C=O) groups excluding carboxylic acids is 1. The number of benzene rings is 3. The summed E-state index contributed by atoms with van der Waals surface area (Å²) in [6.07, 6.45) is 0.452. The Morgan fingerprint density at radius 1 is 1.07 bits per heavy atom. The van der Waals surface area contributed by atoms with Gasteiger partial charge in [0.05, 0.1) is 28.1 Å². The van der Waals surface area contributed by atoms with E-state index in [0.29, 0.717) is 22.8 Å². The van der Waals surface area contributed by atoms with Gasteiger partial charge in [0.2, 0.25) is 5.91 Å². The van der Waals surface area contributed by atoms with Crippen LogP contribution in [0, 0.1) is 10.1 Å². The maximum absolute atomic E-state index is 12.7. The number of carbonyl (C=O) groups is 1. The molecule has 0 radical (unpaired) electrons. The predicted octanol–water partition coefficient (Wildman–Crippen LogP) is 5.87. The molecule has 7 heteroatoms. The summed E-state index contributed by atoms with van der Waals surface area (Å²) < 4.78 is 0. The second kappa shape index (κ2) is 8.08. The number of fused-ring (bicyclic) bond motifs is 1. The van der Waals surface area contributed by atoms with Crippen molar-refractivity contribution in [2.75, 3.05) is 4.90 Å². The highest BCUT2D eigenvalue weighted by Gasteiger charge is 2.31. The fourth-order valence-corrected chi connectivity index (χ4v) is 3.82. The zero-order valence-corrected chi connectivity index (χ0v) is 16.9. The molecule has 150 valence electrons. The SMILES string of the molecule is CC(=O)N1c2ccccc2N=C(c2ccc(Cl)cc2)C[C@H]1c1ccc([N+](=O)[O-])cc1. The van der Waals surface area contributed by atoms with E-state index in [9.17, 15) is 14.9 Å². The van der Waals surface area contributed by atoms with Gasteiger partial charge in [-0.1, -0.05) is 48.0 Å². The zero-order chi connectivity index (χ0) is 21.3. The van der Waals surface area contributed by atoms with Gasteiger partial charge in [-0.2, -0.15) is 0 Å². The number of non-ortho nitro benzene ring substituents is 1. The van der Waals surface area contributed by atoms with Gasteiger partial charge in [-0.25, -0.2) is 0 Å². The molecule has 0 spiro atoms. The summed E-state index contributed by atoms with van der Waals surface area (Å²) in [4.78, 5) is 29.9. The van der Waals surface area contributed by atoms with Crippen molar-refractivity contribution in [2.24, 2.45) is 4.99 Å². The van der Waals surface area contributed by atoms with Crippen LogP contribution >= 0.6 is 11.6 Å². The molecule has 1 amide bonds. The second-order valence-electron chi connectivity index (χ2n) is 7.01. The number of hydrogen-bond donors (Lipinski definition) is 0. The van der Waals surface area contributed by atoms with Crippen LogP contribution in [-0.2, 0) is 4.79 Å².